The molecule has 2 heteroatoms. The number of benzene rings is 1. The Hall–Kier alpha value is -1.72. The van der Waals surface area contributed by atoms with Crippen LogP contribution in [0.5, 0.6) is 0 Å². The van der Waals surface area contributed by atoms with Crippen LogP contribution < -0.4 is 5.73 Å². The van der Waals surface area contributed by atoms with E-state index in [4.69, 9.17) is 5.73 Å². The van der Waals surface area contributed by atoms with Gasteiger partial charge in [0, 0.05) is 35.6 Å². The van der Waals surface area contributed by atoms with Crippen LogP contribution in [0.15, 0.2) is 30.5 Å². The van der Waals surface area contributed by atoms with Crippen molar-refractivity contribution in [1.29, 1.82) is 0 Å². The van der Waals surface area contributed by atoms with Crippen molar-refractivity contribution in [2.75, 3.05) is 6.54 Å². The molecule has 0 aliphatic carbocycles. The van der Waals surface area contributed by atoms with Gasteiger partial charge in [-0.15, -0.1) is 0 Å². The van der Waals surface area contributed by atoms with Gasteiger partial charge in [-0.3, -0.25) is 0 Å². The average molecular weight is 184 g/mol. The Labute approximate surface area is 83.1 Å². The molecule has 1 aromatic heterocycles. The Balaban J connectivity index is 2.31. The first-order valence-electron chi connectivity index (χ1n) is 4.66. The van der Waals surface area contributed by atoms with E-state index in [0.717, 1.165) is 17.5 Å². The number of aromatic nitrogens is 1. The predicted octanol–water partition coefficient (Wildman–Crippen LogP) is 1.87. The fraction of sp³-hybridized carbons (Fsp3) is 0.167. The minimum absolute atomic E-state index is 0.624. The van der Waals surface area contributed by atoms with Gasteiger partial charge in [0.05, 0.1) is 0 Å². The minimum atomic E-state index is 0.624. The van der Waals surface area contributed by atoms with Crippen LogP contribution in [0.1, 0.15) is 12.0 Å². The zero-order valence-electron chi connectivity index (χ0n) is 7.88. The zero-order valence-corrected chi connectivity index (χ0v) is 7.88. The maximum Gasteiger partial charge on any atom is 0.0454 e. The SMILES string of the molecule is NCCC#Cc1ccc2[nH]ccc2c1. The molecule has 0 aliphatic rings. The molecule has 0 atom stereocenters. The molecule has 0 fully saturated rings. The van der Waals surface area contributed by atoms with E-state index in [0.29, 0.717) is 6.54 Å². The van der Waals surface area contributed by atoms with E-state index in [2.05, 4.69) is 22.9 Å². The highest BCUT2D eigenvalue weighted by atomic mass is 14.7. The second-order valence-electron chi connectivity index (χ2n) is 3.12. The van der Waals surface area contributed by atoms with Crippen molar-refractivity contribution in [3.8, 4) is 11.8 Å². The Bertz CT molecular complexity index is 485. The molecule has 70 valence electrons. The molecule has 3 N–H and O–H groups in total. The number of hydrogen-bond donors (Lipinski definition) is 2. The summed E-state index contributed by atoms with van der Waals surface area (Å²) in [5.74, 6) is 6.11. The number of fused-ring (bicyclic) bond motifs is 1. The fourth-order valence-electron chi connectivity index (χ4n) is 1.37. The third-order valence-corrected chi connectivity index (χ3v) is 2.06. The summed E-state index contributed by atoms with van der Waals surface area (Å²) < 4.78 is 0. The smallest absolute Gasteiger partial charge is 0.0454 e. The minimum Gasteiger partial charge on any atom is -0.361 e. The van der Waals surface area contributed by atoms with Crippen molar-refractivity contribution >= 4 is 10.9 Å². The van der Waals surface area contributed by atoms with Crippen molar-refractivity contribution in [3.05, 3.63) is 36.0 Å². The molecule has 0 aliphatic heterocycles. The summed E-state index contributed by atoms with van der Waals surface area (Å²) in [6.07, 6.45) is 2.69. The van der Waals surface area contributed by atoms with Crippen LogP contribution in [0.25, 0.3) is 10.9 Å². The van der Waals surface area contributed by atoms with Crippen molar-refractivity contribution in [2.24, 2.45) is 5.73 Å². The molecule has 0 radical (unpaired) electrons. The standard InChI is InChI=1S/C12H12N2/c13-7-2-1-3-10-4-5-12-11(9-10)6-8-14-12/h4-6,8-9,14H,2,7,13H2. The van der Waals surface area contributed by atoms with E-state index in [9.17, 15) is 0 Å². The van der Waals surface area contributed by atoms with Gasteiger partial charge >= 0.3 is 0 Å². The van der Waals surface area contributed by atoms with Gasteiger partial charge in [0.15, 0.2) is 0 Å². The first kappa shape index (κ1) is 8.86. The Morgan fingerprint density at radius 1 is 1.29 bits per heavy atom. The number of aromatic amines is 1. The van der Waals surface area contributed by atoms with Crippen molar-refractivity contribution in [1.82, 2.24) is 4.98 Å². The third kappa shape index (κ3) is 1.78. The lowest BCUT2D eigenvalue weighted by atomic mass is 10.1. The van der Waals surface area contributed by atoms with Gasteiger partial charge in [-0.2, -0.15) is 0 Å². The molecule has 0 unspecified atom stereocenters. The van der Waals surface area contributed by atoms with Gasteiger partial charge in [0.2, 0.25) is 0 Å². The van der Waals surface area contributed by atoms with Crippen molar-refractivity contribution in [3.63, 3.8) is 0 Å². The largest absolute Gasteiger partial charge is 0.361 e. The van der Waals surface area contributed by atoms with E-state index in [-0.39, 0.29) is 0 Å². The molecule has 1 aromatic carbocycles. The molecule has 2 aromatic rings. The van der Waals surface area contributed by atoms with Crippen LogP contribution >= 0.6 is 0 Å². The van der Waals surface area contributed by atoms with Crippen molar-refractivity contribution in [2.45, 2.75) is 6.42 Å². The van der Waals surface area contributed by atoms with Crippen LogP contribution in [0, 0.1) is 11.8 Å². The molecule has 0 saturated heterocycles. The topological polar surface area (TPSA) is 41.8 Å². The van der Waals surface area contributed by atoms with Gasteiger partial charge < -0.3 is 10.7 Å². The van der Waals surface area contributed by atoms with Gasteiger partial charge in [-0.05, 0) is 24.3 Å². The Morgan fingerprint density at radius 2 is 2.21 bits per heavy atom. The number of nitrogens with one attached hydrogen (secondary N) is 1. The maximum atomic E-state index is 5.36. The fourth-order valence-corrected chi connectivity index (χ4v) is 1.37. The molecular weight excluding hydrogens is 172 g/mol. The molecular formula is C12H12N2. The van der Waals surface area contributed by atoms with Gasteiger partial charge in [0.1, 0.15) is 0 Å². The summed E-state index contributed by atoms with van der Waals surface area (Å²) in [5.41, 5.74) is 7.55. The summed E-state index contributed by atoms with van der Waals surface area (Å²) >= 11 is 0. The summed E-state index contributed by atoms with van der Waals surface area (Å²) in [6.45, 7) is 0.624. The van der Waals surface area contributed by atoms with Crippen LogP contribution in [-0.4, -0.2) is 11.5 Å². The predicted molar refractivity (Wildman–Crippen MR) is 58.8 cm³/mol. The number of H-pyrrole nitrogens is 1. The Kier molecular flexibility index (Phi) is 2.53. The zero-order chi connectivity index (χ0) is 9.80. The van der Waals surface area contributed by atoms with Gasteiger partial charge in [-0.25, -0.2) is 0 Å². The average Bonchev–Trinajstić information content (AvgIpc) is 2.65. The molecule has 0 spiro atoms. The van der Waals surface area contributed by atoms with E-state index in [1.54, 1.807) is 0 Å². The van der Waals surface area contributed by atoms with E-state index in [1.165, 1.54) is 5.39 Å². The normalized spacial score (nSPS) is 9.79. The van der Waals surface area contributed by atoms with Crippen LogP contribution in [0.2, 0.25) is 0 Å². The first-order chi connectivity index (χ1) is 6.90. The highest BCUT2D eigenvalue weighted by molar-refractivity contribution is 5.80. The number of hydrogen-bond acceptors (Lipinski definition) is 1. The number of rotatable bonds is 1. The summed E-state index contributed by atoms with van der Waals surface area (Å²) in [7, 11) is 0. The third-order valence-electron chi connectivity index (χ3n) is 2.06. The lowest BCUT2D eigenvalue weighted by Gasteiger charge is -1.91. The quantitative estimate of drug-likeness (QED) is 0.653. The summed E-state index contributed by atoms with van der Waals surface area (Å²) in [4.78, 5) is 3.15. The lowest BCUT2D eigenvalue weighted by Crippen LogP contribution is -1.95. The summed E-state index contributed by atoms with van der Waals surface area (Å²) in [5, 5.41) is 1.20. The lowest BCUT2D eigenvalue weighted by molar-refractivity contribution is 1.03. The highest BCUT2D eigenvalue weighted by Crippen LogP contribution is 2.13. The van der Waals surface area contributed by atoms with E-state index in [1.807, 2.05) is 24.4 Å². The molecule has 2 rings (SSSR count). The summed E-state index contributed by atoms with van der Waals surface area (Å²) in [6, 6.07) is 8.18. The maximum absolute atomic E-state index is 5.36. The molecule has 2 nitrogen and oxygen atoms in total. The molecule has 1 heterocycles. The van der Waals surface area contributed by atoms with Crippen LogP contribution in [0.4, 0.5) is 0 Å². The first-order valence-corrected chi connectivity index (χ1v) is 4.66. The monoisotopic (exact) mass is 184 g/mol. The molecule has 14 heavy (non-hydrogen) atoms. The molecule has 0 amide bonds. The van der Waals surface area contributed by atoms with Crippen LogP contribution in [-0.2, 0) is 0 Å². The Morgan fingerprint density at radius 3 is 3.07 bits per heavy atom. The molecule has 0 saturated carbocycles. The van der Waals surface area contributed by atoms with Gasteiger partial charge in [-0.1, -0.05) is 11.8 Å². The van der Waals surface area contributed by atoms with E-state index < -0.39 is 0 Å². The molecule has 0 bridgehead atoms. The van der Waals surface area contributed by atoms with Crippen molar-refractivity contribution < 1.29 is 0 Å². The van der Waals surface area contributed by atoms with E-state index >= 15 is 0 Å². The van der Waals surface area contributed by atoms with Gasteiger partial charge in [0.25, 0.3) is 0 Å². The number of nitrogens with two attached hydrogens (primary N) is 1. The highest BCUT2D eigenvalue weighted by Gasteiger charge is 1.93. The second-order valence-corrected chi connectivity index (χ2v) is 3.12. The van der Waals surface area contributed by atoms with Crippen LogP contribution in [0.3, 0.4) is 0 Å². The second kappa shape index (κ2) is 3.99.